The van der Waals surface area contributed by atoms with Crippen LogP contribution in [0.15, 0.2) is 41.9 Å². The van der Waals surface area contributed by atoms with Gasteiger partial charge in [-0.3, -0.25) is 0 Å². The topological polar surface area (TPSA) is 122 Å². The molecule has 1 aromatic carbocycles. The van der Waals surface area contributed by atoms with Crippen LogP contribution in [0.1, 0.15) is 37.7 Å². The summed E-state index contributed by atoms with van der Waals surface area (Å²) < 4.78 is 0. The molecule has 1 heterocycles. The van der Waals surface area contributed by atoms with Crippen molar-refractivity contribution in [3.63, 3.8) is 0 Å². The van der Waals surface area contributed by atoms with Gasteiger partial charge in [0.05, 0.1) is 11.3 Å². The molecule has 0 radical (unpaired) electrons. The zero-order valence-electron chi connectivity index (χ0n) is 14.5. The highest BCUT2D eigenvalue weighted by Crippen LogP contribution is 2.40. The number of piperidine rings is 1. The van der Waals surface area contributed by atoms with Gasteiger partial charge >= 0.3 is 0 Å². The maximum absolute atomic E-state index is 10.8. The lowest BCUT2D eigenvalue weighted by Gasteiger charge is -2.48. The van der Waals surface area contributed by atoms with Crippen molar-refractivity contribution in [2.75, 3.05) is 13.1 Å². The minimum atomic E-state index is -0.559. The van der Waals surface area contributed by atoms with E-state index in [9.17, 15) is 10.2 Å². The number of nitrogens with zero attached hydrogens (tertiary/aromatic N) is 1. The summed E-state index contributed by atoms with van der Waals surface area (Å²) in [6.45, 7) is 1.40. The second-order valence-corrected chi connectivity index (χ2v) is 7.20. The van der Waals surface area contributed by atoms with Gasteiger partial charge in [-0.15, -0.1) is 0 Å². The van der Waals surface area contributed by atoms with Crippen molar-refractivity contribution in [2.24, 2.45) is 23.1 Å². The average molecular weight is 344 g/mol. The van der Waals surface area contributed by atoms with E-state index in [0.29, 0.717) is 36.5 Å². The number of para-hydroxylation sites is 1. The number of nitrogens with two attached hydrogens (primary N) is 3. The molecule has 6 nitrogen and oxygen atoms in total. The number of rotatable bonds is 3. The second kappa shape index (κ2) is 6.88. The van der Waals surface area contributed by atoms with Crippen LogP contribution < -0.4 is 17.2 Å². The number of hydrogen-bond acceptors (Lipinski definition) is 6. The molecule has 0 spiro atoms. The summed E-state index contributed by atoms with van der Waals surface area (Å²) in [4.78, 5) is 2.10. The summed E-state index contributed by atoms with van der Waals surface area (Å²) in [5.74, 6) is 0.537. The van der Waals surface area contributed by atoms with Crippen molar-refractivity contribution in [3.05, 3.63) is 47.4 Å². The average Bonchev–Trinajstić information content (AvgIpc) is 2.59. The second-order valence-electron chi connectivity index (χ2n) is 7.20. The van der Waals surface area contributed by atoms with Crippen molar-refractivity contribution < 1.29 is 10.2 Å². The zero-order valence-corrected chi connectivity index (χ0v) is 14.5. The third kappa shape index (κ3) is 3.54. The molecule has 1 aliphatic carbocycles. The molecule has 8 N–H and O–H groups in total. The molecule has 2 atom stereocenters. The number of phenolic OH excluding ortho intramolecular Hbond substituents is 1. The van der Waals surface area contributed by atoms with Crippen molar-refractivity contribution in [2.45, 2.75) is 37.7 Å². The lowest BCUT2D eigenvalue weighted by atomic mass is 9.71. The van der Waals surface area contributed by atoms with Gasteiger partial charge in [0.1, 0.15) is 11.6 Å². The van der Waals surface area contributed by atoms with Crippen molar-refractivity contribution >= 4 is 5.70 Å². The highest BCUT2D eigenvalue weighted by atomic mass is 16.3. The number of hydrogen-bond donors (Lipinski definition) is 5. The smallest absolute Gasteiger partial charge is 0.124 e. The Bertz CT molecular complexity index is 696. The zero-order chi connectivity index (χ0) is 18.0. The molecular weight excluding hydrogens is 316 g/mol. The Morgan fingerprint density at radius 1 is 1.16 bits per heavy atom. The molecular formula is C19H28N4O2. The van der Waals surface area contributed by atoms with Gasteiger partial charge < -0.3 is 32.3 Å². The number of allylic oxidation sites excluding steroid dienone is 1. The fourth-order valence-electron chi connectivity index (χ4n) is 4.09. The fourth-order valence-corrected chi connectivity index (χ4v) is 4.09. The molecule has 25 heavy (non-hydrogen) atoms. The summed E-state index contributed by atoms with van der Waals surface area (Å²) in [7, 11) is 0. The van der Waals surface area contributed by atoms with E-state index in [1.54, 1.807) is 24.3 Å². The predicted octanol–water partition coefficient (Wildman–Crippen LogP) is 1.41. The number of aromatic hydroxyl groups is 1. The van der Waals surface area contributed by atoms with Crippen LogP contribution in [0.4, 0.5) is 0 Å². The minimum absolute atomic E-state index is 0.117. The maximum Gasteiger partial charge on any atom is 0.124 e. The number of aliphatic hydroxyl groups is 1. The lowest BCUT2D eigenvalue weighted by Crippen LogP contribution is -2.53. The molecule has 1 saturated heterocycles. The number of benzene rings is 1. The summed E-state index contributed by atoms with van der Waals surface area (Å²) in [6.07, 6.45) is 6.56. The van der Waals surface area contributed by atoms with Gasteiger partial charge in [-0.1, -0.05) is 25.0 Å². The van der Waals surface area contributed by atoms with Crippen LogP contribution in [-0.4, -0.2) is 33.8 Å². The van der Waals surface area contributed by atoms with E-state index >= 15 is 0 Å². The summed E-state index contributed by atoms with van der Waals surface area (Å²) in [6, 6.07) is 6.90. The Balaban J connectivity index is 1.84. The van der Waals surface area contributed by atoms with Crippen molar-refractivity contribution in [1.29, 1.82) is 0 Å². The maximum atomic E-state index is 10.8. The summed E-state index contributed by atoms with van der Waals surface area (Å²) >= 11 is 0. The third-order valence-electron chi connectivity index (χ3n) is 5.57. The number of likely N-dealkylation sites (tertiary alicyclic amines) is 1. The first kappa shape index (κ1) is 17.5. The van der Waals surface area contributed by atoms with E-state index in [-0.39, 0.29) is 17.5 Å². The van der Waals surface area contributed by atoms with Crippen LogP contribution in [-0.2, 0) is 0 Å². The van der Waals surface area contributed by atoms with Crippen LogP contribution in [0.2, 0.25) is 0 Å². The summed E-state index contributed by atoms with van der Waals surface area (Å²) in [5.41, 5.74) is 19.1. The van der Waals surface area contributed by atoms with Gasteiger partial charge in [-0.2, -0.15) is 0 Å². The minimum Gasteiger partial charge on any atom is -0.507 e. The van der Waals surface area contributed by atoms with Gasteiger partial charge in [0, 0.05) is 30.3 Å². The van der Waals surface area contributed by atoms with Crippen molar-refractivity contribution in [1.82, 2.24) is 4.90 Å². The van der Waals surface area contributed by atoms with Gasteiger partial charge in [-0.05, 0) is 37.5 Å². The van der Waals surface area contributed by atoms with Crippen LogP contribution in [0.3, 0.4) is 0 Å². The first-order chi connectivity index (χ1) is 11.9. The molecule has 0 bridgehead atoms. The predicted molar refractivity (Wildman–Crippen MR) is 98.8 cm³/mol. The molecule has 1 aliphatic heterocycles. The third-order valence-corrected chi connectivity index (χ3v) is 5.57. The Morgan fingerprint density at radius 3 is 2.64 bits per heavy atom. The molecule has 136 valence electrons. The molecule has 0 aromatic heterocycles. The first-order valence-electron chi connectivity index (χ1n) is 8.89. The molecule has 1 aromatic rings. The number of phenols is 1. The Labute approximate surface area is 148 Å². The van der Waals surface area contributed by atoms with E-state index in [2.05, 4.69) is 4.90 Å². The van der Waals surface area contributed by atoms with E-state index in [1.807, 2.05) is 6.07 Å². The fraction of sp³-hybridized carbons (Fsp3) is 0.474. The molecule has 2 aliphatic rings. The Kier molecular flexibility index (Phi) is 4.81. The molecule has 1 unspecified atom stereocenters. The van der Waals surface area contributed by atoms with Gasteiger partial charge in [0.2, 0.25) is 0 Å². The monoisotopic (exact) mass is 344 g/mol. The first-order valence-corrected chi connectivity index (χ1v) is 8.89. The van der Waals surface area contributed by atoms with Gasteiger partial charge in [-0.25, -0.2) is 0 Å². The normalized spacial score (nSPS) is 26.8. The van der Waals surface area contributed by atoms with Crippen molar-refractivity contribution in [3.8, 4) is 5.75 Å². The largest absolute Gasteiger partial charge is 0.507 e. The van der Waals surface area contributed by atoms with Gasteiger partial charge in [0.15, 0.2) is 0 Å². The van der Waals surface area contributed by atoms with Crippen LogP contribution >= 0.6 is 0 Å². The molecule has 0 amide bonds. The van der Waals surface area contributed by atoms with E-state index in [1.165, 1.54) is 0 Å². The molecule has 6 heteroatoms. The van der Waals surface area contributed by atoms with E-state index < -0.39 is 5.60 Å². The standard InChI is InChI=1S/C19H28N4O2/c20-15(14-6-1-2-7-17(14)24)11-16(18(21)22)23-10-9-19(25)8-4-3-5-13(19)12-23/h1-2,6-7,11,13,24-25H,3-5,8-10,12,20-22H2/b15-11-/t13?,19-/m0/s1. The van der Waals surface area contributed by atoms with E-state index in [4.69, 9.17) is 17.2 Å². The SMILES string of the molecule is NC(N)=C(/C=C(\N)c1ccccc1O)N1CC[C@@]2(O)CCCCC2C1. The molecule has 2 fully saturated rings. The lowest BCUT2D eigenvalue weighted by molar-refractivity contribution is -0.0890. The summed E-state index contributed by atoms with van der Waals surface area (Å²) in [5, 5.41) is 20.8. The van der Waals surface area contributed by atoms with E-state index in [0.717, 1.165) is 25.7 Å². The van der Waals surface area contributed by atoms with Crippen LogP contribution in [0, 0.1) is 5.92 Å². The highest BCUT2D eigenvalue weighted by molar-refractivity contribution is 5.69. The highest BCUT2D eigenvalue weighted by Gasteiger charge is 2.43. The van der Waals surface area contributed by atoms with Crippen LogP contribution in [0.5, 0.6) is 5.75 Å². The Morgan fingerprint density at radius 2 is 1.92 bits per heavy atom. The molecule has 3 rings (SSSR count). The van der Waals surface area contributed by atoms with Crippen LogP contribution in [0.25, 0.3) is 5.70 Å². The quantitative estimate of drug-likeness (QED) is 0.529. The van der Waals surface area contributed by atoms with Gasteiger partial charge in [0.25, 0.3) is 0 Å². The molecule has 1 saturated carbocycles. The number of fused-ring (bicyclic) bond motifs is 1. The Hall–Kier alpha value is -2.34.